The molecule has 1 atom stereocenters. The molecule has 6 heteroatoms. The average molecular weight is 299 g/mol. The van der Waals surface area contributed by atoms with Gasteiger partial charge in [-0.25, -0.2) is 0 Å². The fourth-order valence-electron chi connectivity index (χ4n) is 1.94. The SMILES string of the molecule is CCCNC(Cc1nc(CCOCCOC)no1)C(C)C. The third-order valence-electron chi connectivity index (χ3n) is 3.27. The molecule has 0 bridgehead atoms. The Morgan fingerprint density at radius 3 is 2.71 bits per heavy atom. The van der Waals surface area contributed by atoms with Gasteiger partial charge in [-0.3, -0.25) is 0 Å². The molecule has 6 nitrogen and oxygen atoms in total. The number of nitrogens with zero attached hydrogens (tertiary/aromatic N) is 2. The second-order valence-corrected chi connectivity index (χ2v) is 5.47. The second kappa shape index (κ2) is 10.7. The van der Waals surface area contributed by atoms with Crippen molar-refractivity contribution in [1.82, 2.24) is 15.5 Å². The first-order chi connectivity index (χ1) is 10.2. The maximum Gasteiger partial charge on any atom is 0.228 e. The van der Waals surface area contributed by atoms with Crippen molar-refractivity contribution in [1.29, 1.82) is 0 Å². The number of nitrogens with one attached hydrogen (secondary N) is 1. The van der Waals surface area contributed by atoms with Gasteiger partial charge in [0.15, 0.2) is 5.82 Å². The molecule has 122 valence electrons. The molecule has 1 aromatic rings. The number of hydrogen-bond donors (Lipinski definition) is 1. The molecule has 0 aromatic carbocycles. The van der Waals surface area contributed by atoms with Crippen LogP contribution in [0.2, 0.25) is 0 Å². The topological polar surface area (TPSA) is 69.4 Å². The summed E-state index contributed by atoms with van der Waals surface area (Å²) in [6.07, 6.45) is 2.56. The van der Waals surface area contributed by atoms with Gasteiger partial charge in [0.25, 0.3) is 0 Å². The Labute approximate surface area is 127 Å². The third kappa shape index (κ3) is 7.55. The Morgan fingerprint density at radius 1 is 1.24 bits per heavy atom. The van der Waals surface area contributed by atoms with Gasteiger partial charge < -0.3 is 19.3 Å². The Morgan fingerprint density at radius 2 is 2.05 bits per heavy atom. The summed E-state index contributed by atoms with van der Waals surface area (Å²) in [5.74, 6) is 1.94. The predicted molar refractivity (Wildman–Crippen MR) is 81.3 cm³/mol. The van der Waals surface area contributed by atoms with Crippen molar-refractivity contribution in [3.05, 3.63) is 11.7 Å². The van der Waals surface area contributed by atoms with Crippen molar-refractivity contribution >= 4 is 0 Å². The highest BCUT2D eigenvalue weighted by atomic mass is 16.5. The van der Waals surface area contributed by atoms with Gasteiger partial charge in [-0.1, -0.05) is 25.9 Å². The molecule has 0 aliphatic carbocycles. The van der Waals surface area contributed by atoms with Crippen molar-refractivity contribution < 1.29 is 14.0 Å². The Bertz CT molecular complexity index is 369. The van der Waals surface area contributed by atoms with Gasteiger partial charge in [0.1, 0.15) is 0 Å². The highest BCUT2D eigenvalue weighted by Gasteiger charge is 2.17. The quantitative estimate of drug-likeness (QED) is 0.594. The van der Waals surface area contributed by atoms with Gasteiger partial charge in [0.2, 0.25) is 5.89 Å². The molecule has 0 amide bonds. The van der Waals surface area contributed by atoms with Crippen LogP contribution < -0.4 is 5.32 Å². The molecule has 1 unspecified atom stereocenters. The number of methoxy groups -OCH3 is 1. The fraction of sp³-hybridized carbons (Fsp3) is 0.867. The number of aromatic nitrogens is 2. The lowest BCUT2D eigenvalue weighted by Gasteiger charge is -2.20. The molecule has 0 aliphatic heterocycles. The number of ether oxygens (including phenoxy) is 2. The zero-order valence-electron chi connectivity index (χ0n) is 13.7. The first-order valence-electron chi connectivity index (χ1n) is 7.78. The van der Waals surface area contributed by atoms with Crippen LogP contribution in [0.15, 0.2) is 4.52 Å². The fourth-order valence-corrected chi connectivity index (χ4v) is 1.94. The van der Waals surface area contributed by atoms with Crippen LogP contribution in [0, 0.1) is 5.92 Å². The van der Waals surface area contributed by atoms with Crippen LogP contribution in [-0.2, 0) is 22.3 Å². The molecule has 1 aromatic heterocycles. The summed E-state index contributed by atoms with van der Waals surface area (Å²) in [6.45, 7) is 9.37. The summed E-state index contributed by atoms with van der Waals surface area (Å²) < 4.78 is 15.6. The lowest BCUT2D eigenvalue weighted by Crippen LogP contribution is -2.36. The molecular formula is C15H29N3O3. The highest BCUT2D eigenvalue weighted by molar-refractivity contribution is 4.90. The minimum Gasteiger partial charge on any atom is -0.382 e. The van der Waals surface area contributed by atoms with Crippen molar-refractivity contribution in [3.63, 3.8) is 0 Å². The van der Waals surface area contributed by atoms with Crippen LogP contribution in [0.3, 0.4) is 0 Å². The minimum atomic E-state index is 0.371. The summed E-state index contributed by atoms with van der Waals surface area (Å²) in [5, 5.41) is 7.53. The first kappa shape index (κ1) is 18.1. The molecule has 1 heterocycles. The standard InChI is InChI=1S/C15H29N3O3/c1-5-7-16-13(12(2)3)11-15-17-14(18-21-15)6-8-20-10-9-19-4/h12-13,16H,5-11H2,1-4H3. The summed E-state index contributed by atoms with van der Waals surface area (Å²) in [5.41, 5.74) is 0. The zero-order valence-corrected chi connectivity index (χ0v) is 13.7. The third-order valence-corrected chi connectivity index (χ3v) is 3.27. The number of rotatable bonds is 12. The van der Waals surface area contributed by atoms with Gasteiger partial charge in [0.05, 0.1) is 19.8 Å². The van der Waals surface area contributed by atoms with E-state index in [2.05, 4.69) is 36.2 Å². The van der Waals surface area contributed by atoms with E-state index in [1.54, 1.807) is 7.11 Å². The van der Waals surface area contributed by atoms with E-state index in [0.29, 0.717) is 49.9 Å². The molecule has 0 spiro atoms. The van der Waals surface area contributed by atoms with E-state index in [0.717, 1.165) is 19.4 Å². The Hall–Kier alpha value is -0.980. The molecule has 21 heavy (non-hydrogen) atoms. The molecule has 0 saturated heterocycles. The Kier molecular flexibility index (Phi) is 9.21. The van der Waals surface area contributed by atoms with E-state index < -0.39 is 0 Å². The first-order valence-corrected chi connectivity index (χ1v) is 7.78. The van der Waals surface area contributed by atoms with Crippen LogP contribution in [0.25, 0.3) is 0 Å². The minimum absolute atomic E-state index is 0.371. The van der Waals surface area contributed by atoms with Gasteiger partial charge in [-0.15, -0.1) is 0 Å². The highest BCUT2D eigenvalue weighted by Crippen LogP contribution is 2.09. The maximum atomic E-state index is 5.40. The van der Waals surface area contributed by atoms with Crippen molar-refractivity contribution in [2.45, 2.75) is 46.1 Å². The van der Waals surface area contributed by atoms with Crippen LogP contribution in [0.1, 0.15) is 38.9 Å². The summed E-state index contributed by atoms with van der Waals surface area (Å²) >= 11 is 0. The smallest absolute Gasteiger partial charge is 0.228 e. The molecule has 0 saturated carbocycles. The molecule has 0 radical (unpaired) electrons. The van der Waals surface area contributed by atoms with Crippen LogP contribution in [0.5, 0.6) is 0 Å². The van der Waals surface area contributed by atoms with Crippen molar-refractivity contribution in [2.75, 3.05) is 33.5 Å². The van der Waals surface area contributed by atoms with Crippen LogP contribution >= 0.6 is 0 Å². The lowest BCUT2D eigenvalue weighted by atomic mass is 10.0. The summed E-state index contributed by atoms with van der Waals surface area (Å²) in [7, 11) is 1.66. The monoisotopic (exact) mass is 299 g/mol. The van der Waals surface area contributed by atoms with E-state index in [9.17, 15) is 0 Å². The molecule has 0 fully saturated rings. The normalized spacial score (nSPS) is 13.0. The molecular weight excluding hydrogens is 270 g/mol. The van der Waals surface area contributed by atoms with Gasteiger partial charge in [0, 0.05) is 26.0 Å². The van der Waals surface area contributed by atoms with Crippen LogP contribution in [0.4, 0.5) is 0 Å². The average Bonchev–Trinajstić information content (AvgIpc) is 2.90. The van der Waals surface area contributed by atoms with Crippen molar-refractivity contribution in [2.24, 2.45) is 5.92 Å². The Balaban J connectivity index is 2.35. The van der Waals surface area contributed by atoms with Crippen molar-refractivity contribution in [3.8, 4) is 0 Å². The molecule has 1 N–H and O–H groups in total. The van der Waals surface area contributed by atoms with E-state index >= 15 is 0 Å². The molecule has 1 rings (SSSR count). The lowest BCUT2D eigenvalue weighted by molar-refractivity contribution is 0.0714. The molecule has 0 aliphatic rings. The van der Waals surface area contributed by atoms with E-state index in [4.69, 9.17) is 14.0 Å². The van der Waals surface area contributed by atoms with E-state index in [1.807, 2.05) is 0 Å². The van der Waals surface area contributed by atoms with Gasteiger partial charge in [-0.2, -0.15) is 4.98 Å². The van der Waals surface area contributed by atoms with Gasteiger partial charge in [-0.05, 0) is 18.9 Å². The number of hydrogen-bond acceptors (Lipinski definition) is 6. The van der Waals surface area contributed by atoms with E-state index in [1.165, 1.54) is 0 Å². The largest absolute Gasteiger partial charge is 0.382 e. The zero-order chi connectivity index (χ0) is 15.5. The predicted octanol–water partition coefficient (Wildman–Crippen LogP) is 1.84. The summed E-state index contributed by atoms with van der Waals surface area (Å²) in [4.78, 5) is 4.43. The van der Waals surface area contributed by atoms with Gasteiger partial charge >= 0.3 is 0 Å². The van der Waals surface area contributed by atoms with E-state index in [-0.39, 0.29) is 0 Å². The van der Waals surface area contributed by atoms with Crippen LogP contribution in [-0.4, -0.2) is 49.7 Å². The maximum absolute atomic E-state index is 5.40. The summed E-state index contributed by atoms with van der Waals surface area (Å²) in [6, 6.07) is 0.371. The second-order valence-electron chi connectivity index (χ2n) is 5.47.